The van der Waals surface area contributed by atoms with Gasteiger partial charge in [-0.15, -0.1) is 12.4 Å². The number of H-pyrrole nitrogens is 1. The van der Waals surface area contributed by atoms with Crippen LogP contribution in [0.5, 0.6) is 0 Å². The lowest BCUT2D eigenvalue weighted by atomic mass is 10.2. The smallest absolute Gasteiger partial charge is 0.334 e. The summed E-state index contributed by atoms with van der Waals surface area (Å²) in [4.78, 5) is 11.9. The van der Waals surface area contributed by atoms with Gasteiger partial charge in [-0.1, -0.05) is 23.9 Å². The van der Waals surface area contributed by atoms with Crippen LogP contribution >= 0.6 is 24.2 Å². The van der Waals surface area contributed by atoms with Crippen LogP contribution in [0.3, 0.4) is 0 Å². The number of aromatic amines is 1. The maximum Gasteiger partial charge on any atom is 0.449 e. The molecule has 2 heterocycles. The first-order valence-corrected chi connectivity index (χ1v) is 7.90. The number of halogens is 4. The second kappa shape index (κ2) is 6.57. The molecular weight excluding hydrogens is 371 g/mol. The quantitative estimate of drug-likeness (QED) is 0.484. The molecule has 0 aliphatic heterocycles. The molecule has 0 aliphatic carbocycles. The van der Waals surface area contributed by atoms with Crippen molar-refractivity contribution < 1.29 is 13.2 Å². The Labute approximate surface area is 151 Å². The highest BCUT2D eigenvalue weighted by molar-refractivity contribution is 7.99. The average molecular weight is 382 g/mol. The van der Waals surface area contributed by atoms with Crippen molar-refractivity contribution in [1.82, 2.24) is 15.0 Å². The number of alkyl halides is 3. The predicted octanol–water partition coefficient (Wildman–Crippen LogP) is 5.70. The molecule has 0 unspecified atom stereocenters. The number of fused-ring (bicyclic) bond motifs is 2. The third-order valence-electron chi connectivity index (χ3n) is 3.59. The van der Waals surface area contributed by atoms with Crippen LogP contribution in [0.1, 0.15) is 5.82 Å². The molecular formula is C17H11ClF3N3S. The van der Waals surface area contributed by atoms with E-state index in [1.54, 1.807) is 30.6 Å². The van der Waals surface area contributed by atoms with Crippen LogP contribution in [0.25, 0.3) is 21.8 Å². The van der Waals surface area contributed by atoms with Gasteiger partial charge < -0.3 is 4.98 Å². The first kappa shape index (κ1) is 17.6. The van der Waals surface area contributed by atoms with E-state index in [2.05, 4.69) is 15.0 Å². The zero-order valence-corrected chi connectivity index (χ0v) is 14.2. The van der Waals surface area contributed by atoms with E-state index < -0.39 is 12.0 Å². The highest BCUT2D eigenvalue weighted by Crippen LogP contribution is 2.35. The summed E-state index contributed by atoms with van der Waals surface area (Å²) in [5, 5.41) is 2.07. The Balaban J connectivity index is 0.00000182. The molecule has 0 bridgehead atoms. The van der Waals surface area contributed by atoms with Gasteiger partial charge in [0.2, 0.25) is 5.82 Å². The van der Waals surface area contributed by atoms with Crippen molar-refractivity contribution in [2.45, 2.75) is 16.0 Å². The Hall–Kier alpha value is -2.25. The molecule has 4 aromatic rings. The van der Waals surface area contributed by atoms with Gasteiger partial charge in [0.25, 0.3) is 0 Å². The minimum absolute atomic E-state index is 0. The summed E-state index contributed by atoms with van der Waals surface area (Å²) in [5.41, 5.74) is 0.669. The van der Waals surface area contributed by atoms with Crippen LogP contribution in [0, 0.1) is 0 Å². The van der Waals surface area contributed by atoms with Gasteiger partial charge in [-0.3, -0.25) is 4.98 Å². The zero-order valence-electron chi connectivity index (χ0n) is 12.5. The molecule has 2 aromatic heterocycles. The number of nitrogens with one attached hydrogen (secondary N) is 1. The van der Waals surface area contributed by atoms with E-state index in [4.69, 9.17) is 0 Å². The number of hydrogen-bond acceptors (Lipinski definition) is 3. The van der Waals surface area contributed by atoms with Crippen LogP contribution in [0.4, 0.5) is 13.2 Å². The van der Waals surface area contributed by atoms with Crippen molar-refractivity contribution >= 4 is 46.0 Å². The van der Waals surface area contributed by atoms with Crippen LogP contribution in [-0.2, 0) is 6.18 Å². The Morgan fingerprint density at radius 3 is 2.68 bits per heavy atom. The first-order valence-electron chi connectivity index (χ1n) is 7.08. The summed E-state index contributed by atoms with van der Waals surface area (Å²) in [7, 11) is 0. The van der Waals surface area contributed by atoms with Crippen LogP contribution < -0.4 is 0 Å². The molecule has 0 aliphatic rings. The molecule has 0 amide bonds. The second-order valence-electron chi connectivity index (χ2n) is 5.22. The third kappa shape index (κ3) is 3.43. The Bertz CT molecular complexity index is 1040. The topological polar surface area (TPSA) is 41.6 Å². The number of rotatable bonds is 2. The van der Waals surface area contributed by atoms with E-state index >= 15 is 0 Å². The summed E-state index contributed by atoms with van der Waals surface area (Å²) in [6.07, 6.45) is -0.970. The fraction of sp³-hybridized carbons (Fsp3) is 0.0588. The van der Waals surface area contributed by atoms with Gasteiger partial charge in [0.15, 0.2) is 0 Å². The molecule has 25 heavy (non-hydrogen) atoms. The van der Waals surface area contributed by atoms with Crippen LogP contribution in [0.15, 0.2) is 64.6 Å². The lowest BCUT2D eigenvalue weighted by Crippen LogP contribution is -2.06. The number of aromatic nitrogens is 3. The molecule has 0 atom stereocenters. The molecule has 0 spiro atoms. The summed E-state index contributed by atoms with van der Waals surface area (Å²) < 4.78 is 38.2. The van der Waals surface area contributed by atoms with Gasteiger partial charge in [0.1, 0.15) is 0 Å². The van der Waals surface area contributed by atoms with E-state index in [1.165, 1.54) is 11.8 Å². The largest absolute Gasteiger partial charge is 0.449 e. The molecule has 0 fully saturated rings. The Kier molecular flexibility index (Phi) is 4.62. The van der Waals surface area contributed by atoms with Crippen LogP contribution in [-0.4, -0.2) is 15.0 Å². The minimum Gasteiger partial charge on any atom is -0.334 e. The summed E-state index contributed by atoms with van der Waals surface area (Å²) in [6, 6.07) is 12.9. The van der Waals surface area contributed by atoms with Crippen LogP contribution in [0.2, 0.25) is 0 Å². The highest BCUT2D eigenvalue weighted by Gasteiger charge is 2.34. The molecule has 128 valence electrons. The fourth-order valence-electron chi connectivity index (χ4n) is 2.50. The normalized spacial score (nSPS) is 11.6. The SMILES string of the molecule is Cl.FC(F)(F)c1nc2ccc(Sc3cccc4cnccc34)cc2[nH]1. The number of benzene rings is 2. The fourth-order valence-corrected chi connectivity index (χ4v) is 3.50. The van der Waals surface area contributed by atoms with Gasteiger partial charge >= 0.3 is 6.18 Å². The third-order valence-corrected chi connectivity index (χ3v) is 4.66. The van der Waals surface area contributed by atoms with Gasteiger partial charge in [-0.2, -0.15) is 13.2 Å². The molecule has 0 saturated heterocycles. The number of nitrogens with zero attached hydrogens (tertiary/aromatic N) is 2. The maximum absolute atomic E-state index is 12.7. The molecule has 8 heteroatoms. The van der Waals surface area contributed by atoms with Crippen molar-refractivity contribution in [1.29, 1.82) is 0 Å². The van der Waals surface area contributed by atoms with Gasteiger partial charge in [0.05, 0.1) is 11.0 Å². The van der Waals surface area contributed by atoms with Gasteiger partial charge in [-0.05, 0) is 35.7 Å². The van der Waals surface area contributed by atoms with Crippen molar-refractivity contribution in [2.75, 3.05) is 0 Å². The van der Waals surface area contributed by atoms with E-state index in [-0.39, 0.29) is 12.4 Å². The molecule has 0 radical (unpaired) electrons. The zero-order chi connectivity index (χ0) is 16.7. The van der Waals surface area contributed by atoms with E-state index in [1.807, 2.05) is 24.3 Å². The molecule has 1 N–H and O–H groups in total. The van der Waals surface area contributed by atoms with E-state index in [0.717, 1.165) is 20.6 Å². The standard InChI is InChI=1S/C17H10F3N3S.ClH/c18-17(19,20)16-22-13-5-4-11(8-14(13)23-16)24-15-3-1-2-10-9-21-7-6-12(10)15;/h1-9H,(H,22,23);1H. The van der Waals surface area contributed by atoms with E-state index in [9.17, 15) is 13.2 Å². The number of pyridine rings is 1. The summed E-state index contributed by atoms with van der Waals surface area (Å²) in [6.45, 7) is 0. The molecule has 3 nitrogen and oxygen atoms in total. The summed E-state index contributed by atoms with van der Waals surface area (Å²) >= 11 is 1.49. The highest BCUT2D eigenvalue weighted by atomic mass is 35.5. The Morgan fingerprint density at radius 2 is 1.88 bits per heavy atom. The van der Waals surface area contributed by atoms with Crippen molar-refractivity contribution in [3.63, 3.8) is 0 Å². The maximum atomic E-state index is 12.7. The van der Waals surface area contributed by atoms with E-state index in [0.29, 0.717) is 11.0 Å². The average Bonchev–Trinajstić information content (AvgIpc) is 2.99. The lowest BCUT2D eigenvalue weighted by Gasteiger charge is -2.06. The van der Waals surface area contributed by atoms with Crippen molar-refractivity contribution in [2.24, 2.45) is 0 Å². The molecule has 4 rings (SSSR count). The minimum atomic E-state index is -4.48. The monoisotopic (exact) mass is 381 g/mol. The van der Waals surface area contributed by atoms with Gasteiger partial charge in [-0.25, -0.2) is 4.98 Å². The van der Waals surface area contributed by atoms with Crippen molar-refractivity contribution in [3.8, 4) is 0 Å². The predicted molar refractivity (Wildman–Crippen MR) is 94.2 cm³/mol. The number of hydrogen-bond donors (Lipinski definition) is 1. The van der Waals surface area contributed by atoms with Crippen molar-refractivity contribution in [3.05, 3.63) is 60.7 Å². The Morgan fingerprint density at radius 1 is 1.04 bits per heavy atom. The van der Waals surface area contributed by atoms with Gasteiger partial charge in [0, 0.05) is 27.6 Å². The number of imidazole rings is 1. The first-order chi connectivity index (χ1) is 11.5. The molecule has 0 saturated carbocycles. The lowest BCUT2D eigenvalue weighted by molar-refractivity contribution is -0.144. The summed E-state index contributed by atoms with van der Waals surface area (Å²) in [5.74, 6) is -0.976. The molecule has 2 aromatic carbocycles. The second-order valence-corrected chi connectivity index (χ2v) is 6.33.